The molecular weight excluding hydrogens is 350 g/mol. The molecule has 25 heavy (non-hydrogen) atoms. The molecule has 0 unspecified atom stereocenters. The molecule has 3 rings (SSSR count). The SMILES string of the molecule is CSc1ccccc1C(=O)NCCn1nc(C)c(-c2cccs2)c1C. The van der Waals surface area contributed by atoms with E-state index in [1.54, 1.807) is 23.1 Å². The van der Waals surface area contributed by atoms with Gasteiger partial charge in [0.1, 0.15) is 0 Å². The summed E-state index contributed by atoms with van der Waals surface area (Å²) in [6.45, 7) is 5.32. The lowest BCUT2D eigenvalue weighted by molar-refractivity contribution is 0.0949. The number of aryl methyl sites for hydroxylation is 1. The van der Waals surface area contributed by atoms with Crippen molar-refractivity contribution in [3.8, 4) is 10.4 Å². The van der Waals surface area contributed by atoms with Crippen LogP contribution >= 0.6 is 23.1 Å². The maximum Gasteiger partial charge on any atom is 0.252 e. The summed E-state index contributed by atoms with van der Waals surface area (Å²) in [7, 11) is 0. The van der Waals surface area contributed by atoms with E-state index in [9.17, 15) is 4.79 Å². The van der Waals surface area contributed by atoms with Crippen molar-refractivity contribution < 1.29 is 4.79 Å². The minimum atomic E-state index is -0.0371. The zero-order valence-corrected chi connectivity index (χ0v) is 16.2. The van der Waals surface area contributed by atoms with Crippen LogP contribution in [0.5, 0.6) is 0 Å². The van der Waals surface area contributed by atoms with Crippen molar-refractivity contribution in [2.75, 3.05) is 12.8 Å². The molecule has 1 aromatic carbocycles. The Morgan fingerprint density at radius 3 is 2.76 bits per heavy atom. The summed E-state index contributed by atoms with van der Waals surface area (Å²) in [5, 5.41) is 9.72. The van der Waals surface area contributed by atoms with Crippen molar-refractivity contribution in [3.63, 3.8) is 0 Å². The number of rotatable bonds is 6. The average Bonchev–Trinajstić information content (AvgIpc) is 3.23. The van der Waals surface area contributed by atoms with Crippen LogP contribution in [0.2, 0.25) is 0 Å². The summed E-state index contributed by atoms with van der Waals surface area (Å²) in [5.41, 5.74) is 4.09. The number of thioether (sulfide) groups is 1. The number of carbonyl (C=O) groups is 1. The molecule has 0 saturated carbocycles. The molecule has 0 fully saturated rings. The molecule has 3 aromatic rings. The molecule has 0 bridgehead atoms. The van der Waals surface area contributed by atoms with Crippen LogP contribution in [0.15, 0.2) is 46.7 Å². The van der Waals surface area contributed by atoms with Crippen LogP contribution in [-0.2, 0) is 6.54 Å². The molecule has 130 valence electrons. The molecular formula is C19H21N3OS2. The first-order chi connectivity index (χ1) is 12.1. The molecule has 0 radical (unpaired) electrons. The van der Waals surface area contributed by atoms with Crippen molar-refractivity contribution in [1.29, 1.82) is 0 Å². The highest BCUT2D eigenvalue weighted by Crippen LogP contribution is 2.30. The smallest absolute Gasteiger partial charge is 0.252 e. The summed E-state index contributed by atoms with van der Waals surface area (Å²) in [6.07, 6.45) is 1.98. The molecule has 6 heteroatoms. The van der Waals surface area contributed by atoms with E-state index in [0.29, 0.717) is 13.1 Å². The zero-order chi connectivity index (χ0) is 17.8. The van der Waals surface area contributed by atoms with E-state index in [1.165, 1.54) is 10.4 Å². The van der Waals surface area contributed by atoms with Crippen molar-refractivity contribution in [1.82, 2.24) is 15.1 Å². The van der Waals surface area contributed by atoms with E-state index in [-0.39, 0.29) is 5.91 Å². The van der Waals surface area contributed by atoms with Crippen molar-refractivity contribution in [2.24, 2.45) is 0 Å². The number of carbonyl (C=O) groups excluding carboxylic acids is 1. The topological polar surface area (TPSA) is 46.9 Å². The number of aromatic nitrogens is 2. The van der Waals surface area contributed by atoms with Gasteiger partial charge in [-0.3, -0.25) is 9.48 Å². The number of nitrogens with one attached hydrogen (secondary N) is 1. The normalized spacial score (nSPS) is 10.8. The van der Waals surface area contributed by atoms with Crippen LogP contribution in [0.1, 0.15) is 21.7 Å². The second kappa shape index (κ2) is 7.89. The van der Waals surface area contributed by atoms with Crippen LogP contribution in [-0.4, -0.2) is 28.5 Å². The van der Waals surface area contributed by atoms with Gasteiger partial charge in [-0.2, -0.15) is 5.10 Å². The van der Waals surface area contributed by atoms with Gasteiger partial charge in [-0.05, 0) is 43.7 Å². The lowest BCUT2D eigenvalue weighted by Crippen LogP contribution is -2.28. The molecule has 2 aromatic heterocycles. The number of amides is 1. The Bertz CT molecular complexity index is 869. The third-order valence-electron chi connectivity index (χ3n) is 4.11. The van der Waals surface area contributed by atoms with Crippen LogP contribution in [0, 0.1) is 13.8 Å². The number of benzene rings is 1. The fraction of sp³-hybridized carbons (Fsp3) is 0.263. The van der Waals surface area contributed by atoms with E-state index in [0.717, 1.165) is 21.8 Å². The largest absolute Gasteiger partial charge is 0.350 e. The summed E-state index contributed by atoms with van der Waals surface area (Å²) < 4.78 is 1.98. The fourth-order valence-corrected chi connectivity index (χ4v) is 4.36. The van der Waals surface area contributed by atoms with Gasteiger partial charge in [-0.25, -0.2) is 0 Å². The monoisotopic (exact) mass is 371 g/mol. The molecule has 0 atom stereocenters. The van der Waals surface area contributed by atoms with Gasteiger partial charge in [0.15, 0.2) is 0 Å². The Morgan fingerprint density at radius 2 is 2.04 bits per heavy atom. The predicted octanol–water partition coefficient (Wildman–Crippen LogP) is 4.38. The molecule has 1 N–H and O–H groups in total. The zero-order valence-electron chi connectivity index (χ0n) is 14.6. The Labute approximate surface area is 156 Å². The van der Waals surface area contributed by atoms with Crippen LogP contribution in [0.3, 0.4) is 0 Å². The number of hydrogen-bond acceptors (Lipinski definition) is 4. The van der Waals surface area contributed by atoms with Crippen molar-refractivity contribution >= 4 is 29.0 Å². The Kier molecular flexibility index (Phi) is 5.60. The van der Waals surface area contributed by atoms with E-state index >= 15 is 0 Å². The van der Waals surface area contributed by atoms with E-state index in [1.807, 2.05) is 42.1 Å². The average molecular weight is 372 g/mol. The lowest BCUT2D eigenvalue weighted by Gasteiger charge is -2.09. The quantitative estimate of drug-likeness (QED) is 0.654. The minimum absolute atomic E-state index is 0.0371. The van der Waals surface area contributed by atoms with Gasteiger partial charge in [-0.15, -0.1) is 23.1 Å². The van der Waals surface area contributed by atoms with E-state index in [2.05, 4.69) is 34.9 Å². The molecule has 2 heterocycles. The summed E-state index contributed by atoms with van der Waals surface area (Å²) >= 11 is 3.30. The van der Waals surface area contributed by atoms with Gasteiger partial charge >= 0.3 is 0 Å². The first kappa shape index (κ1) is 17.8. The molecule has 0 aliphatic carbocycles. The van der Waals surface area contributed by atoms with Gasteiger partial charge in [0.05, 0.1) is 17.8 Å². The van der Waals surface area contributed by atoms with Gasteiger partial charge in [0, 0.05) is 27.6 Å². The van der Waals surface area contributed by atoms with Crippen LogP contribution in [0.25, 0.3) is 10.4 Å². The lowest BCUT2D eigenvalue weighted by atomic mass is 10.1. The maximum atomic E-state index is 12.4. The number of hydrogen-bond donors (Lipinski definition) is 1. The molecule has 0 saturated heterocycles. The van der Waals surface area contributed by atoms with Gasteiger partial charge < -0.3 is 5.32 Å². The standard InChI is InChI=1S/C19H21N3OS2/c1-13-18(17-9-6-12-25-17)14(2)22(21-13)11-10-20-19(23)15-7-4-5-8-16(15)24-3/h4-9,12H,10-11H2,1-3H3,(H,20,23). The van der Waals surface area contributed by atoms with Crippen LogP contribution in [0.4, 0.5) is 0 Å². The van der Waals surface area contributed by atoms with E-state index < -0.39 is 0 Å². The van der Waals surface area contributed by atoms with Gasteiger partial charge in [0.25, 0.3) is 5.91 Å². The van der Waals surface area contributed by atoms with Crippen LogP contribution < -0.4 is 5.32 Å². The Hall–Kier alpha value is -2.05. The Morgan fingerprint density at radius 1 is 1.24 bits per heavy atom. The minimum Gasteiger partial charge on any atom is -0.350 e. The van der Waals surface area contributed by atoms with Crippen molar-refractivity contribution in [2.45, 2.75) is 25.3 Å². The molecule has 4 nitrogen and oxygen atoms in total. The summed E-state index contributed by atoms with van der Waals surface area (Å²) in [4.78, 5) is 14.6. The predicted molar refractivity (Wildman–Crippen MR) is 106 cm³/mol. The fourth-order valence-electron chi connectivity index (χ4n) is 2.89. The first-order valence-corrected chi connectivity index (χ1v) is 10.2. The van der Waals surface area contributed by atoms with Gasteiger partial charge in [-0.1, -0.05) is 18.2 Å². The highest BCUT2D eigenvalue weighted by Gasteiger charge is 2.15. The molecule has 0 aliphatic heterocycles. The van der Waals surface area contributed by atoms with E-state index in [4.69, 9.17) is 0 Å². The third-order valence-corrected chi connectivity index (χ3v) is 5.79. The number of thiophene rings is 1. The molecule has 0 spiro atoms. The second-order valence-corrected chi connectivity index (χ2v) is 7.50. The maximum absolute atomic E-state index is 12.4. The first-order valence-electron chi connectivity index (χ1n) is 8.11. The van der Waals surface area contributed by atoms with Gasteiger partial charge in [0.2, 0.25) is 0 Å². The second-order valence-electron chi connectivity index (χ2n) is 5.70. The summed E-state index contributed by atoms with van der Waals surface area (Å²) in [6, 6.07) is 11.8. The third kappa shape index (κ3) is 3.80. The highest BCUT2D eigenvalue weighted by atomic mass is 32.2. The summed E-state index contributed by atoms with van der Waals surface area (Å²) in [5.74, 6) is -0.0371. The number of nitrogens with zero attached hydrogens (tertiary/aromatic N) is 2. The van der Waals surface area contributed by atoms with Crippen molar-refractivity contribution in [3.05, 3.63) is 58.7 Å². The highest BCUT2D eigenvalue weighted by molar-refractivity contribution is 7.98. The molecule has 1 amide bonds. The Balaban J connectivity index is 1.67. The molecule has 0 aliphatic rings.